The van der Waals surface area contributed by atoms with E-state index in [-0.39, 0.29) is 39.4 Å². The highest BCUT2D eigenvalue weighted by molar-refractivity contribution is 5.79. The molecule has 26 heteroatoms. The highest BCUT2D eigenvalue weighted by Gasteiger charge is 2.70. The van der Waals surface area contributed by atoms with Crippen molar-refractivity contribution in [3.05, 3.63) is 11.6 Å². The SMILES string of the molecule is C[C@@H]1O[C@@H](O[C@H]2[C@H](O[C@H]3CC[C@@]4(C)C(CC[C@]5(C)C4CC=C4C6CC(C)(C)CC[C@]6(C(=O)O[C@@H]6O[C@H](CO)[C@@H](O)[C@H](O)[C@H]6O)CC[C@]45C)C3(C)C)OC[C@@H](O[C@@H]3O[C@H](CO)[C@@H](O)[C@H](O)[C@H]3O)[C@@H]2O)[C@H](O)[C@H](O[C@@H]2O[C@H](CO)[C@@H](O)[C@H](O)[C@H]2O)[C@H]1O. The standard InChI is InChI=1S/C59H96O26/c1-24-34(63)46(83-49-43(72)40(69)36(65)28(21-61)79-49)45(74)51(77-24)84-47-38(67)30(81-48-42(71)39(68)35(64)27(20-60)78-48)23-76-52(47)82-33-12-13-56(6)31(55(33,4)5)11-14-58(8)32(56)10-9-25-26-19-54(2,3)15-17-59(26,18-16-57(25,58)7)53(75)85-50-44(73)41(70)37(66)29(22-62)80-50/h9,24,26-52,60-74H,10-23H2,1-8H3/t24-,26?,27+,28+,29+,30+,31?,32?,33-,34-,35+,36+,37+,38-,39-,40-,41-,42+,43+,44+,45+,46+,47+,48-,49-,50-,51-,52-,56-,57+,58+,59-/m0/s1. The molecule has 3 unspecified atom stereocenters. The summed E-state index contributed by atoms with van der Waals surface area (Å²) in [6.07, 6.45) is -30.5. The van der Waals surface area contributed by atoms with Crippen LogP contribution in [0.5, 0.6) is 0 Å². The minimum absolute atomic E-state index is 0.0708. The molecule has 0 radical (unpaired) electrons. The second kappa shape index (κ2) is 24.4. The number of hydrogen-bond acceptors (Lipinski definition) is 26. The van der Waals surface area contributed by atoms with E-state index in [1.165, 1.54) is 12.5 Å². The Kier molecular flexibility index (Phi) is 19.0. The van der Waals surface area contributed by atoms with E-state index in [2.05, 4.69) is 54.5 Å². The third-order valence-electron chi connectivity index (χ3n) is 23.1. The van der Waals surface area contributed by atoms with Gasteiger partial charge >= 0.3 is 5.97 Å². The Balaban J connectivity index is 0.897. The van der Waals surface area contributed by atoms with Crippen LogP contribution in [0.3, 0.4) is 0 Å². The van der Waals surface area contributed by atoms with Gasteiger partial charge in [0.05, 0.1) is 44.1 Å². The van der Waals surface area contributed by atoms with Crippen LogP contribution in [0.25, 0.3) is 0 Å². The summed E-state index contributed by atoms with van der Waals surface area (Å²) in [6.45, 7) is 14.8. The van der Waals surface area contributed by atoms with Crippen molar-refractivity contribution < 1.29 is 129 Å². The molecule has 9 fully saturated rings. The molecule has 85 heavy (non-hydrogen) atoms. The van der Waals surface area contributed by atoms with Crippen molar-refractivity contribution in [3.8, 4) is 0 Å². The van der Waals surface area contributed by atoms with Gasteiger partial charge in [-0.1, -0.05) is 60.1 Å². The Labute approximate surface area is 494 Å². The molecule has 32 atom stereocenters. The molecule has 5 saturated heterocycles. The van der Waals surface area contributed by atoms with E-state index in [1.807, 2.05) is 0 Å². The first-order chi connectivity index (χ1) is 39.8. The molecule has 0 aromatic heterocycles. The molecule has 5 heterocycles. The molecule has 10 aliphatic rings. The second-order valence-corrected chi connectivity index (χ2v) is 28.6. The van der Waals surface area contributed by atoms with Gasteiger partial charge in [0.2, 0.25) is 6.29 Å². The van der Waals surface area contributed by atoms with Gasteiger partial charge in [-0.2, -0.15) is 0 Å². The van der Waals surface area contributed by atoms with E-state index < -0.39 is 197 Å². The van der Waals surface area contributed by atoms with Crippen LogP contribution in [0.15, 0.2) is 11.6 Å². The van der Waals surface area contributed by atoms with Crippen LogP contribution in [0, 0.1) is 50.2 Å². The van der Waals surface area contributed by atoms with Gasteiger partial charge in [-0.05, 0) is 116 Å². The fourth-order valence-corrected chi connectivity index (χ4v) is 17.6. The van der Waals surface area contributed by atoms with Crippen molar-refractivity contribution in [2.45, 2.75) is 273 Å². The maximum Gasteiger partial charge on any atom is 0.315 e. The molecule has 0 amide bonds. The molecular formula is C59H96O26. The van der Waals surface area contributed by atoms with Crippen LogP contribution < -0.4 is 0 Å². The molecule has 488 valence electrons. The highest BCUT2D eigenvalue weighted by atomic mass is 16.8. The molecule has 0 aromatic carbocycles. The summed E-state index contributed by atoms with van der Waals surface area (Å²) < 4.78 is 60.7. The van der Waals surface area contributed by atoms with Crippen molar-refractivity contribution in [2.75, 3.05) is 26.4 Å². The van der Waals surface area contributed by atoms with E-state index in [0.29, 0.717) is 25.7 Å². The maximum absolute atomic E-state index is 14.8. The van der Waals surface area contributed by atoms with Crippen molar-refractivity contribution in [1.29, 1.82) is 0 Å². The first kappa shape index (κ1) is 66.2. The summed E-state index contributed by atoms with van der Waals surface area (Å²) in [6, 6.07) is 0. The average molecular weight is 1220 g/mol. The number of carbonyl (C=O) groups excluding carboxylic acids is 1. The summed E-state index contributed by atoms with van der Waals surface area (Å²) in [5, 5.41) is 161. The molecule has 0 spiro atoms. The van der Waals surface area contributed by atoms with Gasteiger partial charge < -0.3 is 124 Å². The summed E-state index contributed by atoms with van der Waals surface area (Å²) >= 11 is 0. The molecule has 15 N–H and O–H groups in total. The highest BCUT2D eigenvalue weighted by Crippen LogP contribution is 2.76. The van der Waals surface area contributed by atoms with E-state index in [9.17, 15) is 81.4 Å². The summed E-state index contributed by atoms with van der Waals surface area (Å²) in [5.41, 5.74) is -1.21. The van der Waals surface area contributed by atoms with Crippen molar-refractivity contribution in [2.24, 2.45) is 50.2 Å². The van der Waals surface area contributed by atoms with Gasteiger partial charge in [-0.25, -0.2) is 0 Å². The lowest BCUT2D eigenvalue weighted by Crippen LogP contribution is -2.67. The number of ether oxygens (including phenoxy) is 10. The number of carbonyl (C=O) groups is 1. The second-order valence-electron chi connectivity index (χ2n) is 28.6. The van der Waals surface area contributed by atoms with Gasteiger partial charge in [0.1, 0.15) is 110 Å². The topological polar surface area (TPSA) is 413 Å². The van der Waals surface area contributed by atoms with Crippen LogP contribution >= 0.6 is 0 Å². The molecule has 5 aliphatic carbocycles. The molecule has 0 aromatic rings. The van der Waals surface area contributed by atoms with Crippen LogP contribution in [0.1, 0.15) is 120 Å². The van der Waals surface area contributed by atoms with E-state index in [4.69, 9.17) is 47.4 Å². The molecule has 5 aliphatic heterocycles. The Morgan fingerprint density at radius 2 is 1.06 bits per heavy atom. The Hall–Kier alpha value is -1.75. The lowest BCUT2D eigenvalue weighted by molar-refractivity contribution is -0.391. The van der Waals surface area contributed by atoms with E-state index >= 15 is 0 Å². The molecule has 4 saturated carbocycles. The Morgan fingerprint density at radius 3 is 1.65 bits per heavy atom. The van der Waals surface area contributed by atoms with Crippen LogP contribution in [0.4, 0.5) is 0 Å². The number of aliphatic hydroxyl groups excluding tert-OH is 15. The first-order valence-electron chi connectivity index (χ1n) is 30.6. The first-order valence-corrected chi connectivity index (χ1v) is 30.6. The van der Waals surface area contributed by atoms with Crippen molar-refractivity contribution >= 4 is 5.97 Å². The van der Waals surface area contributed by atoms with Gasteiger partial charge in [-0.3, -0.25) is 4.79 Å². The van der Waals surface area contributed by atoms with Crippen LogP contribution in [-0.2, 0) is 52.2 Å². The summed E-state index contributed by atoms with van der Waals surface area (Å²) in [7, 11) is 0. The third-order valence-corrected chi connectivity index (χ3v) is 23.1. The summed E-state index contributed by atoms with van der Waals surface area (Å²) in [5.74, 6) is -0.471. The zero-order chi connectivity index (χ0) is 62.0. The average Bonchev–Trinajstić information content (AvgIpc) is 0.706. The Morgan fingerprint density at radius 1 is 0.529 bits per heavy atom. The van der Waals surface area contributed by atoms with Gasteiger partial charge in [0, 0.05) is 0 Å². The normalized spacial score (nSPS) is 54.1. The number of allylic oxidation sites excluding steroid dienone is 2. The lowest BCUT2D eigenvalue weighted by Gasteiger charge is -2.71. The van der Waals surface area contributed by atoms with Gasteiger partial charge in [0.25, 0.3) is 0 Å². The molecule has 26 nitrogen and oxygen atoms in total. The number of rotatable bonds is 13. The van der Waals surface area contributed by atoms with E-state index in [1.54, 1.807) is 0 Å². The summed E-state index contributed by atoms with van der Waals surface area (Å²) in [4.78, 5) is 14.8. The number of aliphatic hydroxyl groups is 15. The number of esters is 1. The smallest absolute Gasteiger partial charge is 0.315 e. The predicted octanol–water partition coefficient (Wildman–Crippen LogP) is -2.54. The number of hydrogen-bond donors (Lipinski definition) is 15. The Bertz CT molecular complexity index is 2360. The van der Waals surface area contributed by atoms with Crippen LogP contribution in [0.2, 0.25) is 0 Å². The lowest BCUT2D eigenvalue weighted by atomic mass is 9.33. The maximum atomic E-state index is 14.8. The molecular weight excluding hydrogens is 1120 g/mol. The fraction of sp³-hybridized carbons (Fsp3) is 0.949. The minimum atomic E-state index is -1.93. The van der Waals surface area contributed by atoms with Gasteiger partial charge in [-0.15, -0.1) is 0 Å². The molecule has 0 bridgehead atoms. The quantitative estimate of drug-likeness (QED) is 0.0513. The predicted molar refractivity (Wildman–Crippen MR) is 288 cm³/mol. The third kappa shape index (κ3) is 11.1. The van der Waals surface area contributed by atoms with Crippen molar-refractivity contribution in [1.82, 2.24) is 0 Å². The van der Waals surface area contributed by atoms with Crippen LogP contribution in [-0.4, -0.2) is 263 Å². The van der Waals surface area contributed by atoms with E-state index in [0.717, 1.165) is 38.5 Å². The number of fused-ring (bicyclic) bond motifs is 7. The largest absolute Gasteiger partial charge is 0.432 e. The minimum Gasteiger partial charge on any atom is -0.432 e. The van der Waals surface area contributed by atoms with Gasteiger partial charge in [0.15, 0.2) is 25.2 Å². The fourth-order valence-electron chi connectivity index (χ4n) is 17.6. The monoisotopic (exact) mass is 1220 g/mol. The zero-order valence-electron chi connectivity index (χ0n) is 49.8. The molecule has 10 rings (SSSR count). The van der Waals surface area contributed by atoms with Crippen molar-refractivity contribution in [3.63, 3.8) is 0 Å². The zero-order valence-corrected chi connectivity index (χ0v) is 49.8.